The normalized spacial score (nSPS) is 11.8. The van der Waals surface area contributed by atoms with Crippen LogP contribution in [-0.2, 0) is 16.6 Å². The molecule has 112 valence electrons. The van der Waals surface area contributed by atoms with Gasteiger partial charge in [0.25, 0.3) is 0 Å². The number of aryl methyl sites for hydroxylation is 1. The first-order valence-electron chi connectivity index (χ1n) is 6.38. The van der Waals surface area contributed by atoms with E-state index in [9.17, 15) is 8.42 Å². The summed E-state index contributed by atoms with van der Waals surface area (Å²) in [5, 5.41) is 0. The Hall–Kier alpha value is -1.37. The van der Waals surface area contributed by atoms with Crippen LogP contribution in [0.4, 0.5) is 5.69 Å². The molecule has 2 aromatic carbocycles. The van der Waals surface area contributed by atoms with Crippen molar-refractivity contribution in [2.24, 2.45) is 0 Å². The SMILES string of the molecule is Cc1ccccc1CN(C)S(=O)(=O)c1ccc(N)c(Br)c1. The number of sulfonamides is 1. The van der Waals surface area contributed by atoms with E-state index in [1.165, 1.54) is 16.4 Å². The lowest BCUT2D eigenvalue weighted by atomic mass is 10.1. The molecule has 2 aromatic rings. The van der Waals surface area contributed by atoms with Crippen LogP contribution in [-0.4, -0.2) is 19.8 Å². The quantitative estimate of drug-likeness (QED) is 0.842. The van der Waals surface area contributed by atoms with E-state index in [1.807, 2.05) is 31.2 Å². The van der Waals surface area contributed by atoms with Gasteiger partial charge in [0, 0.05) is 23.8 Å². The Balaban J connectivity index is 2.30. The third kappa shape index (κ3) is 3.45. The summed E-state index contributed by atoms with van der Waals surface area (Å²) < 4.78 is 27.1. The number of anilines is 1. The number of nitrogens with two attached hydrogens (primary N) is 1. The number of hydrogen-bond donors (Lipinski definition) is 1. The number of benzene rings is 2. The zero-order valence-electron chi connectivity index (χ0n) is 11.9. The third-order valence-corrected chi connectivity index (χ3v) is 5.82. The van der Waals surface area contributed by atoms with Crippen molar-refractivity contribution >= 4 is 31.6 Å². The highest BCUT2D eigenvalue weighted by molar-refractivity contribution is 9.10. The highest BCUT2D eigenvalue weighted by Gasteiger charge is 2.22. The molecular formula is C15H17BrN2O2S. The van der Waals surface area contributed by atoms with Crippen LogP contribution in [0.5, 0.6) is 0 Å². The fourth-order valence-electron chi connectivity index (χ4n) is 1.96. The van der Waals surface area contributed by atoms with Crippen LogP contribution in [0, 0.1) is 6.92 Å². The summed E-state index contributed by atoms with van der Waals surface area (Å²) >= 11 is 3.26. The second kappa shape index (κ2) is 6.17. The monoisotopic (exact) mass is 368 g/mol. The van der Waals surface area contributed by atoms with Crippen LogP contribution >= 0.6 is 15.9 Å². The van der Waals surface area contributed by atoms with Gasteiger partial charge in [0.05, 0.1) is 4.90 Å². The minimum atomic E-state index is -3.55. The molecule has 0 aliphatic carbocycles. The Morgan fingerprint density at radius 2 is 1.86 bits per heavy atom. The molecule has 21 heavy (non-hydrogen) atoms. The van der Waals surface area contributed by atoms with Gasteiger partial charge in [-0.1, -0.05) is 24.3 Å². The van der Waals surface area contributed by atoms with Crippen molar-refractivity contribution in [3.63, 3.8) is 0 Å². The van der Waals surface area contributed by atoms with Gasteiger partial charge in [0.15, 0.2) is 0 Å². The van der Waals surface area contributed by atoms with Gasteiger partial charge < -0.3 is 5.73 Å². The first kappa shape index (κ1) is 16.0. The fourth-order valence-corrected chi connectivity index (χ4v) is 3.67. The molecule has 0 radical (unpaired) electrons. The minimum absolute atomic E-state index is 0.222. The average molecular weight is 369 g/mol. The largest absolute Gasteiger partial charge is 0.398 e. The molecule has 0 aromatic heterocycles. The van der Waals surface area contributed by atoms with Crippen LogP contribution in [0.1, 0.15) is 11.1 Å². The molecule has 6 heteroatoms. The van der Waals surface area contributed by atoms with Crippen LogP contribution in [0.25, 0.3) is 0 Å². The van der Waals surface area contributed by atoms with Crippen molar-refractivity contribution in [2.45, 2.75) is 18.4 Å². The van der Waals surface area contributed by atoms with Crippen molar-refractivity contribution < 1.29 is 8.42 Å². The number of nitrogen functional groups attached to an aromatic ring is 1. The van der Waals surface area contributed by atoms with Crippen LogP contribution in [0.3, 0.4) is 0 Å². The van der Waals surface area contributed by atoms with Crippen LogP contribution in [0.15, 0.2) is 51.8 Å². The first-order chi connectivity index (χ1) is 9.82. The summed E-state index contributed by atoms with van der Waals surface area (Å²) in [5.41, 5.74) is 8.26. The van der Waals surface area contributed by atoms with Crippen molar-refractivity contribution in [2.75, 3.05) is 12.8 Å². The molecule has 0 aliphatic rings. The average Bonchev–Trinajstić information content (AvgIpc) is 2.44. The Bertz CT molecular complexity index is 760. The summed E-state index contributed by atoms with van der Waals surface area (Å²) in [5.74, 6) is 0. The zero-order valence-corrected chi connectivity index (χ0v) is 14.3. The molecule has 0 heterocycles. The molecule has 0 amide bonds. The van der Waals surface area contributed by atoms with Gasteiger partial charge in [-0.3, -0.25) is 0 Å². The van der Waals surface area contributed by atoms with E-state index in [-0.39, 0.29) is 4.90 Å². The number of hydrogen-bond acceptors (Lipinski definition) is 3. The fraction of sp³-hybridized carbons (Fsp3) is 0.200. The summed E-state index contributed by atoms with van der Waals surface area (Å²) in [4.78, 5) is 0.222. The Morgan fingerprint density at radius 3 is 2.48 bits per heavy atom. The van der Waals surface area contributed by atoms with Crippen molar-refractivity contribution in [1.29, 1.82) is 0 Å². The molecule has 0 bridgehead atoms. The van der Waals surface area contributed by atoms with E-state index >= 15 is 0 Å². The maximum atomic E-state index is 12.6. The van der Waals surface area contributed by atoms with E-state index in [0.717, 1.165) is 11.1 Å². The lowest BCUT2D eigenvalue weighted by Gasteiger charge is -2.18. The van der Waals surface area contributed by atoms with Gasteiger partial charge in [-0.25, -0.2) is 8.42 Å². The molecular weight excluding hydrogens is 352 g/mol. The second-order valence-corrected chi connectivity index (χ2v) is 7.77. The molecule has 2 rings (SSSR count). The summed E-state index contributed by atoms with van der Waals surface area (Å²) in [6.07, 6.45) is 0. The second-order valence-electron chi connectivity index (χ2n) is 4.87. The smallest absolute Gasteiger partial charge is 0.243 e. The standard InChI is InChI=1S/C15H17BrN2O2S/c1-11-5-3-4-6-12(11)10-18(2)21(19,20)13-7-8-15(17)14(16)9-13/h3-9H,10,17H2,1-2H3. The molecule has 4 nitrogen and oxygen atoms in total. The van der Waals surface area contributed by atoms with E-state index in [1.54, 1.807) is 13.1 Å². The Labute approximate surface area is 133 Å². The van der Waals surface area contributed by atoms with Gasteiger partial charge in [0.1, 0.15) is 0 Å². The van der Waals surface area contributed by atoms with Crippen molar-refractivity contribution in [3.8, 4) is 0 Å². The zero-order chi connectivity index (χ0) is 15.6. The van der Waals surface area contributed by atoms with Crippen LogP contribution in [0.2, 0.25) is 0 Å². The molecule has 0 aliphatic heterocycles. The molecule has 0 spiro atoms. The molecule has 0 unspecified atom stereocenters. The lowest BCUT2D eigenvalue weighted by molar-refractivity contribution is 0.466. The van der Waals surface area contributed by atoms with Gasteiger partial charge in [-0.05, 0) is 52.2 Å². The van der Waals surface area contributed by atoms with E-state index in [2.05, 4.69) is 15.9 Å². The number of nitrogens with zero attached hydrogens (tertiary/aromatic N) is 1. The molecule has 0 saturated heterocycles. The Morgan fingerprint density at radius 1 is 1.19 bits per heavy atom. The summed E-state index contributed by atoms with van der Waals surface area (Å²) in [6.45, 7) is 2.30. The van der Waals surface area contributed by atoms with Crippen molar-refractivity contribution in [3.05, 3.63) is 58.1 Å². The van der Waals surface area contributed by atoms with E-state index in [4.69, 9.17) is 5.73 Å². The van der Waals surface area contributed by atoms with Gasteiger partial charge in [-0.2, -0.15) is 4.31 Å². The molecule has 0 atom stereocenters. The topological polar surface area (TPSA) is 63.4 Å². The third-order valence-electron chi connectivity index (χ3n) is 3.33. The lowest BCUT2D eigenvalue weighted by Crippen LogP contribution is -2.26. The molecule has 2 N–H and O–H groups in total. The number of rotatable bonds is 4. The minimum Gasteiger partial charge on any atom is -0.398 e. The molecule has 0 fully saturated rings. The summed E-state index contributed by atoms with van der Waals surface area (Å²) in [6, 6.07) is 12.4. The predicted molar refractivity (Wildman–Crippen MR) is 88.4 cm³/mol. The van der Waals surface area contributed by atoms with E-state index in [0.29, 0.717) is 16.7 Å². The number of halogens is 1. The highest BCUT2D eigenvalue weighted by atomic mass is 79.9. The van der Waals surface area contributed by atoms with E-state index < -0.39 is 10.0 Å². The Kier molecular flexibility index (Phi) is 4.70. The summed E-state index contributed by atoms with van der Waals surface area (Å²) in [7, 11) is -1.97. The van der Waals surface area contributed by atoms with Crippen LogP contribution < -0.4 is 5.73 Å². The molecule has 0 saturated carbocycles. The predicted octanol–water partition coefficient (Wildman–Crippen LogP) is 3.16. The van der Waals surface area contributed by atoms with Gasteiger partial charge in [0.2, 0.25) is 10.0 Å². The maximum absolute atomic E-state index is 12.6. The first-order valence-corrected chi connectivity index (χ1v) is 8.61. The van der Waals surface area contributed by atoms with Gasteiger partial charge in [-0.15, -0.1) is 0 Å². The maximum Gasteiger partial charge on any atom is 0.243 e. The van der Waals surface area contributed by atoms with Crippen molar-refractivity contribution in [1.82, 2.24) is 4.31 Å². The van der Waals surface area contributed by atoms with Gasteiger partial charge >= 0.3 is 0 Å². The highest BCUT2D eigenvalue weighted by Crippen LogP contribution is 2.25.